The van der Waals surface area contributed by atoms with E-state index in [-0.39, 0.29) is 29.6 Å². The second-order valence-electron chi connectivity index (χ2n) is 8.24. The van der Waals surface area contributed by atoms with Gasteiger partial charge in [-0.1, -0.05) is 30.3 Å². The Labute approximate surface area is 179 Å². The van der Waals surface area contributed by atoms with Gasteiger partial charge in [0.2, 0.25) is 5.91 Å². The zero-order valence-corrected chi connectivity index (χ0v) is 17.2. The summed E-state index contributed by atoms with van der Waals surface area (Å²) in [5.41, 5.74) is 1.70. The maximum atomic E-state index is 14.7. The lowest BCUT2D eigenvalue weighted by atomic mass is 9.94. The van der Waals surface area contributed by atoms with E-state index in [1.807, 2.05) is 30.3 Å². The number of carbonyl (C=O) groups is 2. The van der Waals surface area contributed by atoms with Gasteiger partial charge in [0.15, 0.2) is 0 Å². The van der Waals surface area contributed by atoms with Gasteiger partial charge in [0, 0.05) is 30.3 Å². The van der Waals surface area contributed by atoms with Crippen molar-refractivity contribution in [3.8, 4) is 16.9 Å². The number of hydrogen-bond acceptors (Lipinski definition) is 3. The van der Waals surface area contributed by atoms with Crippen molar-refractivity contribution < 1.29 is 18.7 Å². The molecule has 0 radical (unpaired) electrons. The first-order chi connectivity index (χ1) is 15.0. The van der Waals surface area contributed by atoms with E-state index in [1.165, 1.54) is 6.07 Å². The van der Waals surface area contributed by atoms with Crippen molar-refractivity contribution in [3.05, 3.63) is 66.0 Å². The normalized spacial score (nSPS) is 20.5. The van der Waals surface area contributed by atoms with Crippen molar-refractivity contribution in [2.75, 3.05) is 20.2 Å². The van der Waals surface area contributed by atoms with Gasteiger partial charge in [-0.05, 0) is 53.4 Å². The largest absolute Gasteiger partial charge is 0.497 e. The second kappa shape index (κ2) is 7.69. The first kappa shape index (κ1) is 19.5. The SMILES string of the molecule is COc1ccc(F)c(-c2cccc3c(C(=O)N4C[C@@H]5CC[C@H](C4)C(=O)N5)cccc23)c1. The van der Waals surface area contributed by atoms with Crippen LogP contribution in [0.3, 0.4) is 0 Å². The number of benzene rings is 3. The molecule has 3 saturated heterocycles. The molecule has 2 atom stereocenters. The fourth-order valence-electron chi connectivity index (χ4n) is 4.75. The molecule has 1 N–H and O–H groups in total. The van der Waals surface area contributed by atoms with Gasteiger partial charge in [-0.3, -0.25) is 9.59 Å². The highest BCUT2D eigenvalue weighted by Crippen LogP contribution is 2.34. The summed E-state index contributed by atoms with van der Waals surface area (Å²) in [4.78, 5) is 27.5. The molecule has 0 unspecified atom stereocenters. The number of amides is 2. The van der Waals surface area contributed by atoms with Crippen molar-refractivity contribution in [1.82, 2.24) is 10.2 Å². The molecular weight excluding hydrogens is 395 g/mol. The highest BCUT2D eigenvalue weighted by atomic mass is 19.1. The number of carbonyl (C=O) groups excluding carboxylic acids is 2. The van der Waals surface area contributed by atoms with E-state index in [0.717, 1.165) is 23.6 Å². The molecule has 0 saturated carbocycles. The molecule has 158 valence electrons. The minimum atomic E-state index is -0.348. The molecule has 0 aliphatic carbocycles. The van der Waals surface area contributed by atoms with Crippen LogP contribution < -0.4 is 10.1 Å². The summed E-state index contributed by atoms with van der Waals surface area (Å²) in [5.74, 6) is 0.0122. The Morgan fingerprint density at radius 2 is 1.84 bits per heavy atom. The molecule has 2 amide bonds. The number of methoxy groups -OCH3 is 1. The smallest absolute Gasteiger partial charge is 0.254 e. The quantitative estimate of drug-likeness (QED) is 0.699. The predicted octanol–water partition coefficient (Wildman–Crippen LogP) is 4.01. The van der Waals surface area contributed by atoms with E-state index >= 15 is 0 Å². The summed E-state index contributed by atoms with van der Waals surface area (Å²) in [6, 6.07) is 15.8. The van der Waals surface area contributed by atoms with E-state index in [4.69, 9.17) is 4.74 Å². The third-order valence-electron chi connectivity index (χ3n) is 6.37. The summed E-state index contributed by atoms with van der Waals surface area (Å²) in [6.07, 6.45) is 1.71. The zero-order valence-electron chi connectivity index (χ0n) is 17.2. The number of piperidine rings is 1. The van der Waals surface area contributed by atoms with Gasteiger partial charge in [0.05, 0.1) is 13.0 Å². The van der Waals surface area contributed by atoms with Crippen molar-refractivity contribution in [3.63, 3.8) is 0 Å². The van der Waals surface area contributed by atoms with Crippen molar-refractivity contribution >= 4 is 22.6 Å². The Kier molecular flexibility index (Phi) is 4.85. The number of nitrogens with one attached hydrogen (secondary N) is 1. The maximum Gasteiger partial charge on any atom is 0.254 e. The van der Waals surface area contributed by atoms with Crippen LogP contribution in [0, 0.1) is 11.7 Å². The van der Waals surface area contributed by atoms with Crippen LogP contribution in [0.25, 0.3) is 21.9 Å². The Morgan fingerprint density at radius 3 is 2.65 bits per heavy atom. The molecule has 6 rings (SSSR count). The summed E-state index contributed by atoms with van der Waals surface area (Å²) < 4.78 is 19.9. The minimum absolute atomic E-state index is 0.00613. The number of hydrogen-bond donors (Lipinski definition) is 1. The number of halogens is 1. The number of ether oxygens (including phenoxy) is 1. The van der Waals surface area contributed by atoms with Gasteiger partial charge in [-0.15, -0.1) is 0 Å². The predicted molar refractivity (Wildman–Crippen MR) is 116 cm³/mol. The Bertz CT molecular complexity index is 1190. The summed E-state index contributed by atoms with van der Waals surface area (Å²) in [7, 11) is 1.55. The molecule has 3 aliphatic rings. The monoisotopic (exact) mass is 418 g/mol. The van der Waals surface area contributed by atoms with Crippen molar-refractivity contribution in [2.45, 2.75) is 18.9 Å². The number of nitrogens with zero attached hydrogens (tertiary/aromatic N) is 1. The van der Waals surface area contributed by atoms with Gasteiger partial charge in [0.25, 0.3) is 5.91 Å². The van der Waals surface area contributed by atoms with Crippen LogP contribution in [-0.4, -0.2) is 43.0 Å². The maximum absolute atomic E-state index is 14.7. The van der Waals surface area contributed by atoms with Crippen molar-refractivity contribution in [1.29, 1.82) is 0 Å². The van der Waals surface area contributed by atoms with Gasteiger partial charge < -0.3 is 15.0 Å². The van der Waals surface area contributed by atoms with E-state index < -0.39 is 0 Å². The van der Waals surface area contributed by atoms with Crippen LogP contribution in [0.5, 0.6) is 5.75 Å². The Balaban J connectivity index is 1.58. The van der Waals surface area contributed by atoms with Gasteiger partial charge in [0.1, 0.15) is 11.6 Å². The lowest BCUT2D eigenvalue weighted by Gasteiger charge is -2.23. The summed E-state index contributed by atoms with van der Waals surface area (Å²) in [6.45, 7) is 0.948. The zero-order chi connectivity index (χ0) is 21.5. The number of fused-ring (bicyclic) bond motifs is 5. The molecule has 3 aliphatic heterocycles. The third kappa shape index (κ3) is 3.42. The van der Waals surface area contributed by atoms with E-state index in [2.05, 4.69) is 5.32 Å². The van der Waals surface area contributed by atoms with Crippen LogP contribution in [-0.2, 0) is 4.79 Å². The third-order valence-corrected chi connectivity index (χ3v) is 6.37. The molecule has 3 heterocycles. The lowest BCUT2D eigenvalue weighted by Crippen LogP contribution is -2.43. The molecule has 3 aromatic rings. The fraction of sp³-hybridized carbons (Fsp3) is 0.280. The Morgan fingerprint density at radius 1 is 1.03 bits per heavy atom. The van der Waals surface area contributed by atoms with Crippen LogP contribution in [0.15, 0.2) is 54.6 Å². The lowest BCUT2D eigenvalue weighted by molar-refractivity contribution is -0.126. The van der Waals surface area contributed by atoms with Crippen LogP contribution in [0.4, 0.5) is 4.39 Å². The molecule has 6 heteroatoms. The highest BCUT2D eigenvalue weighted by Gasteiger charge is 2.37. The average Bonchev–Trinajstić information content (AvgIpc) is 3.10. The highest BCUT2D eigenvalue weighted by molar-refractivity contribution is 6.10. The molecule has 3 fully saturated rings. The van der Waals surface area contributed by atoms with E-state index in [0.29, 0.717) is 35.5 Å². The molecule has 3 aromatic carbocycles. The Hall–Kier alpha value is -3.41. The fourth-order valence-corrected chi connectivity index (χ4v) is 4.75. The minimum Gasteiger partial charge on any atom is -0.497 e. The van der Waals surface area contributed by atoms with Gasteiger partial charge >= 0.3 is 0 Å². The molecule has 5 nitrogen and oxygen atoms in total. The summed E-state index contributed by atoms with van der Waals surface area (Å²) >= 11 is 0. The van der Waals surface area contributed by atoms with Crippen molar-refractivity contribution in [2.24, 2.45) is 5.92 Å². The first-order valence-corrected chi connectivity index (χ1v) is 10.5. The van der Waals surface area contributed by atoms with Crippen LogP contribution >= 0.6 is 0 Å². The molecule has 2 bridgehead atoms. The molecule has 31 heavy (non-hydrogen) atoms. The van der Waals surface area contributed by atoms with Crippen LogP contribution in [0.1, 0.15) is 23.2 Å². The second-order valence-corrected chi connectivity index (χ2v) is 8.24. The number of rotatable bonds is 3. The summed E-state index contributed by atoms with van der Waals surface area (Å²) in [5, 5.41) is 4.58. The van der Waals surface area contributed by atoms with Gasteiger partial charge in [-0.25, -0.2) is 4.39 Å². The van der Waals surface area contributed by atoms with E-state index in [9.17, 15) is 14.0 Å². The van der Waals surface area contributed by atoms with E-state index in [1.54, 1.807) is 30.2 Å². The molecular formula is C25H23FN2O3. The average molecular weight is 418 g/mol. The topological polar surface area (TPSA) is 58.6 Å². The molecule has 0 aromatic heterocycles. The van der Waals surface area contributed by atoms with Crippen LogP contribution in [0.2, 0.25) is 0 Å². The molecule has 0 spiro atoms. The van der Waals surface area contributed by atoms with Gasteiger partial charge in [-0.2, -0.15) is 0 Å². The standard InChI is InChI=1S/C25H23FN2O3/c1-31-17-10-11-23(26)22(12-17)20-6-2-5-19-18(20)4-3-7-21(19)25(30)28-13-15-8-9-16(14-28)27-24(15)29/h2-7,10-12,15-16H,8-9,13-14H2,1H3,(H,27,29)/t15-,16+/m1/s1. The first-order valence-electron chi connectivity index (χ1n) is 10.5.